The number of halogens is 1. The monoisotopic (exact) mass is 398 g/mol. The molecular weight excluding hydrogens is 380 g/mol. The standard InChI is InChI=1S/C21H18N2O2S.ClH/c22-20-12-4-11-19-18(20)10-5-13-21(19)26(24,25)23-14-16-8-3-7-15-6-1-2-9-17(15)16;/h1-13,23H,14,22H2;1H. The van der Waals surface area contributed by atoms with Gasteiger partial charge in [-0.1, -0.05) is 66.7 Å². The van der Waals surface area contributed by atoms with Crippen LogP contribution in [-0.4, -0.2) is 8.42 Å². The molecule has 4 nitrogen and oxygen atoms in total. The van der Waals surface area contributed by atoms with Crippen molar-refractivity contribution in [3.63, 3.8) is 0 Å². The van der Waals surface area contributed by atoms with Crippen LogP contribution in [0.4, 0.5) is 5.69 Å². The van der Waals surface area contributed by atoms with E-state index in [1.54, 1.807) is 30.3 Å². The lowest BCUT2D eigenvalue weighted by Crippen LogP contribution is -2.23. The highest BCUT2D eigenvalue weighted by Crippen LogP contribution is 2.27. The Morgan fingerprint density at radius 2 is 1.37 bits per heavy atom. The summed E-state index contributed by atoms with van der Waals surface area (Å²) in [5.74, 6) is 0. The zero-order chi connectivity index (χ0) is 18.1. The van der Waals surface area contributed by atoms with Crippen LogP contribution in [0.15, 0.2) is 83.8 Å². The summed E-state index contributed by atoms with van der Waals surface area (Å²) >= 11 is 0. The molecule has 0 aliphatic rings. The van der Waals surface area contributed by atoms with E-state index in [0.717, 1.165) is 21.7 Å². The van der Waals surface area contributed by atoms with Crippen LogP contribution in [0, 0.1) is 0 Å². The first-order chi connectivity index (χ1) is 12.6. The summed E-state index contributed by atoms with van der Waals surface area (Å²) in [5, 5.41) is 3.49. The van der Waals surface area contributed by atoms with Crippen LogP contribution in [0.2, 0.25) is 0 Å². The molecule has 6 heteroatoms. The molecule has 0 radical (unpaired) electrons. The summed E-state index contributed by atoms with van der Waals surface area (Å²) in [7, 11) is -3.68. The first-order valence-electron chi connectivity index (χ1n) is 8.30. The molecule has 0 aliphatic carbocycles. The Bertz CT molecular complexity index is 1220. The zero-order valence-corrected chi connectivity index (χ0v) is 16.1. The fourth-order valence-corrected chi connectivity index (χ4v) is 4.46. The van der Waals surface area contributed by atoms with Crippen molar-refractivity contribution in [3.05, 3.63) is 84.4 Å². The fourth-order valence-electron chi connectivity index (χ4n) is 3.24. The average molecular weight is 399 g/mol. The van der Waals surface area contributed by atoms with Crippen molar-refractivity contribution in [2.75, 3.05) is 5.73 Å². The summed E-state index contributed by atoms with van der Waals surface area (Å²) in [6, 6.07) is 24.3. The Kier molecular flexibility index (Phi) is 5.37. The second-order valence-corrected chi connectivity index (χ2v) is 7.90. The van der Waals surface area contributed by atoms with E-state index < -0.39 is 10.0 Å². The van der Waals surface area contributed by atoms with Crippen LogP contribution in [0.3, 0.4) is 0 Å². The molecule has 138 valence electrons. The SMILES string of the molecule is Cl.Nc1cccc2c(S(=O)(=O)NCc3cccc4ccccc34)cccc12. The molecule has 0 unspecified atom stereocenters. The maximum Gasteiger partial charge on any atom is 0.241 e. The van der Waals surface area contributed by atoms with Gasteiger partial charge < -0.3 is 5.73 Å². The van der Waals surface area contributed by atoms with Crippen LogP contribution in [-0.2, 0) is 16.6 Å². The van der Waals surface area contributed by atoms with E-state index >= 15 is 0 Å². The van der Waals surface area contributed by atoms with Crippen LogP contribution in [0.5, 0.6) is 0 Å². The smallest absolute Gasteiger partial charge is 0.241 e. The number of nitrogen functional groups attached to an aromatic ring is 1. The van der Waals surface area contributed by atoms with Crippen molar-refractivity contribution in [2.24, 2.45) is 0 Å². The molecule has 0 aliphatic heterocycles. The highest BCUT2D eigenvalue weighted by Gasteiger charge is 2.18. The van der Waals surface area contributed by atoms with E-state index in [1.165, 1.54) is 0 Å². The number of hydrogen-bond donors (Lipinski definition) is 2. The van der Waals surface area contributed by atoms with Crippen LogP contribution < -0.4 is 10.5 Å². The van der Waals surface area contributed by atoms with Crippen molar-refractivity contribution in [3.8, 4) is 0 Å². The Balaban J connectivity index is 0.00000210. The lowest BCUT2D eigenvalue weighted by atomic mass is 10.1. The Labute approximate surface area is 164 Å². The Morgan fingerprint density at radius 1 is 0.741 bits per heavy atom. The minimum absolute atomic E-state index is 0. The maximum absolute atomic E-state index is 12.9. The van der Waals surface area contributed by atoms with Crippen molar-refractivity contribution in [1.82, 2.24) is 4.72 Å². The molecule has 0 saturated heterocycles. The zero-order valence-electron chi connectivity index (χ0n) is 14.4. The number of hydrogen-bond acceptors (Lipinski definition) is 3. The van der Waals surface area contributed by atoms with Gasteiger partial charge in [-0.2, -0.15) is 0 Å². The van der Waals surface area contributed by atoms with Gasteiger partial charge in [0.1, 0.15) is 0 Å². The summed E-state index contributed by atoms with van der Waals surface area (Å²) < 4.78 is 28.6. The number of nitrogens with one attached hydrogen (secondary N) is 1. The summed E-state index contributed by atoms with van der Waals surface area (Å²) in [6.07, 6.45) is 0. The topological polar surface area (TPSA) is 72.2 Å². The van der Waals surface area contributed by atoms with Gasteiger partial charge in [0.05, 0.1) is 4.90 Å². The highest BCUT2D eigenvalue weighted by atomic mass is 35.5. The van der Waals surface area contributed by atoms with Gasteiger partial charge in [0.15, 0.2) is 0 Å². The van der Waals surface area contributed by atoms with E-state index in [1.807, 2.05) is 48.5 Å². The molecule has 4 aromatic carbocycles. The van der Waals surface area contributed by atoms with Gasteiger partial charge in [-0.15, -0.1) is 12.4 Å². The van der Waals surface area contributed by atoms with E-state index in [4.69, 9.17) is 5.73 Å². The molecular formula is C21H19ClN2O2S. The minimum Gasteiger partial charge on any atom is -0.398 e. The Hall–Kier alpha value is -2.60. The second-order valence-electron chi connectivity index (χ2n) is 6.16. The molecule has 0 fully saturated rings. The number of nitrogens with two attached hydrogens (primary N) is 1. The largest absolute Gasteiger partial charge is 0.398 e. The third-order valence-corrected chi connectivity index (χ3v) is 6.00. The van der Waals surface area contributed by atoms with E-state index in [0.29, 0.717) is 11.1 Å². The van der Waals surface area contributed by atoms with Crippen LogP contribution in [0.25, 0.3) is 21.5 Å². The Morgan fingerprint density at radius 3 is 2.22 bits per heavy atom. The molecule has 4 rings (SSSR count). The van der Waals surface area contributed by atoms with Gasteiger partial charge in [-0.3, -0.25) is 0 Å². The first kappa shape index (κ1) is 19.2. The first-order valence-corrected chi connectivity index (χ1v) is 9.78. The predicted octanol–water partition coefficient (Wildman–Crippen LogP) is 4.48. The third-order valence-electron chi connectivity index (χ3n) is 4.54. The van der Waals surface area contributed by atoms with Crippen molar-refractivity contribution in [2.45, 2.75) is 11.4 Å². The van der Waals surface area contributed by atoms with E-state index in [2.05, 4.69) is 4.72 Å². The second kappa shape index (κ2) is 7.56. The summed E-state index contributed by atoms with van der Waals surface area (Å²) in [5.41, 5.74) is 7.48. The quantitative estimate of drug-likeness (QED) is 0.498. The van der Waals surface area contributed by atoms with Gasteiger partial charge in [-0.05, 0) is 28.5 Å². The van der Waals surface area contributed by atoms with Crippen molar-refractivity contribution >= 4 is 49.7 Å². The molecule has 0 heterocycles. The lowest BCUT2D eigenvalue weighted by Gasteiger charge is -2.12. The molecule has 4 aromatic rings. The molecule has 0 spiro atoms. The molecule has 0 atom stereocenters. The highest BCUT2D eigenvalue weighted by molar-refractivity contribution is 7.89. The fraction of sp³-hybridized carbons (Fsp3) is 0.0476. The predicted molar refractivity (Wildman–Crippen MR) is 114 cm³/mol. The van der Waals surface area contributed by atoms with Crippen LogP contribution >= 0.6 is 12.4 Å². The molecule has 0 amide bonds. The number of rotatable bonds is 4. The van der Waals surface area contributed by atoms with Gasteiger partial charge in [0.25, 0.3) is 0 Å². The number of benzene rings is 4. The van der Waals surface area contributed by atoms with Gasteiger partial charge in [0.2, 0.25) is 10.0 Å². The van der Waals surface area contributed by atoms with E-state index in [9.17, 15) is 8.42 Å². The van der Waals surface area contributed by atoms with Crippen molar-refractivity contribution < 1.29 is 8.42 Å². The van der Waals surface area contributed by atoms with Gasteiger partial charge in [0, 0.05) is 23.0 Å². The average Bonchev–Trinajstić information content (AvgIpc) is 2.66. The number of sulfonamides is 1. The molecule has 3 N–H and O–H groups in total. The third kappa shape index (κ3) is 3.62. The lowest BCUT2D eigenvalue weighted by molar-refractivity contribution is 0.582. The number of anilines is 1. The number of fused-ring (bicyclic) bond motifs is 2. The molecule has 0 aromatic heterocycles. The van der Waals surface area contributed by atoms with Crippen LogP contribution in [0.1, 0.15) is 5.56 Å². The normalized spacial score (nSPS) is 11.4. The minimum atomic E-state index is -3.68. The van der Waals surface area contributed by atoms with Gasteiger partial charge >= 0.3 is 0 Å². The van der Waals surface area contributed by atoms with Crippen molar-refractivity contribution in [1.29, 1.82) is 0 Å². The van der Waals surface area contributed by atoms with E-state index in [-0.39, 0.29) is 23.8 Å². The van der Waals surface area contributed by atoms with Gasteiger partial charge in [-0.25, -0.2) is 13.1 Å². The molecule has 0 saturated carbocycles. The molecule has 0 bridgehead atoms. The molecule has 27 heavy (non-hydrogen) atoms. The maximum atomic E-state index is 12.9. The summed E-state index contributed by atoms with van der Waals surface area (Å²) in [4.78, 5) is 0.238. The summed E-state index contributed by atoms with van der Waals surface area (Å²) in [6.45, 7) is 0.225.